The first-order valence-corrected chi connectivity index (χ1v) is 3.85. The summed E-state index contributed by atoms with van der Waals surface area (Å²) >= 11 is 0. The molecule has 1 aromatic rings. The Kier molecular flexibility index (Phi) is 4.83. The lowest BCUT2D eigenvalue weighted by atomic mass is 10.1. The third kappa shape index (κ3) is 3.65. The van der Waals surface area contributed by atoms with Crippen LogP contribution in [-0.4, -0.2) is 22.5 Å². The molecule has 1 rings (SSSR count). The van der Waals surface area contributed by atoms with Gasteiger partial charge in [0.15, 0.2) is 12.1 Å². The average Bonchev–Trinajstić information content (AvgIpc) is 2.18. The lowest BCUT2D eigenvalue weighted by Gasteiger charge is -1.95. The Balaban J connectivity index is 0.00000196. The molecule has 6 nitrogen and oxygen atoms in total. The highest BCUT2D eigenvalue weighted by Gasteiger charge is 2.06. The highest BCUT2D eigenvalue weighted by Crippen LogP contribution is 2.12. The van der Waals surface area contributed by atoms with Crippen LogP contribution in [0.1, 0.15) is 5.56 Å². The first kappa shape index (κ1) is 12.9. The number of nitro groups is 1. The molecule has 6 heteroatoms. The van der Waals surface area contributed by atoms with E-state index in [9.17, 15) is 19.7 Å². The van der Waals surface area contributed by atoms with Crippen molar-refractivity contribution < 1.29 is 20.0 Å². The van der Waals surface area contributed by atoms with Gasteiger partial charge in [-0.3, -0.25) is 19.7 Å². The standard InChI is InChI=1S/C9H7NO4.H2O/c11-6-9(12)5-7-1-3-8(4-2-7)10(13)14;/h1-4,6H,5H2;1H2. The zero-order chi connectivity index (χ0) is 10.6. The highest BCUT2D eigenvalue weighted by atomic mass is 16.6. The van der Waals surface area contributed by atoms with Gasteiger partial charge >= 0.3 is 0 Å². The normalized spacial score (nSPS) is 8.80. The van der Waals surface area contributed by atoms with Crippen molar-refractivity contribution in [2.45, 2.75) is 6.42 Å². The fourth-order valence-corrected chi connectivity index (χ4v) is 0.978. The number of aldehydes is 1. The molecule has 0 aliphatic carbocycles. The molecule has 0 aliphatic rings. The molecule has 0 radical (unpaired) electrons. The fourth-order valence-electron chi connectivity index (χ4n) is 0.978. The first-order chi connectivity index (χ1) is 6.63. The van der Waals surface area contributed by atoms with E-state index >= 15 is 0 Å². The number of ketones is 1. The Bertz CT molecular complexity index is 371. The van der Waals surface area contributed by atoms with Gasteiger partial charge in [-0.25, -0.2) is 0 Å². The van der Waals surface area contributed by atoms with Gasteiger partial charge in [0, 0.05) is 18.6 Å². The van der Waals surface area contributed by atoms with Gasteiger partial charge in [-0.1, -0.05) is 12.1 Å². The third-order valence-electron chi connectivity index (χ3n) is 1.66. The summed E-state index contributed by atoms with van der Waals surface area (Å²) < 4.78 is 0. The van der Waals surface area contributed by atoms with Crippen molar-refractivity contribution in [2.75, 3.05) is 0 Å². The van der Waals surface area contributed by atoms with Crippen LogP contribution >= 0.6 is 0 Å². The summed E-state index contributed by atoms with van der Waals surface area (Å²) in [4.78, 5) is 30.5. The number of carbonyl (C=O) groups excluding carboxylic acids is 2. The number of nitrogens with zero attached hydrogens (tertiary/aromatic N) is 1. The molecule has 0 spiro atoms. The molecule has 15 heavy (non-hydrogen) atoms. The van der Waals surface area contributed by atoms with Gasteiger partial charge in [0.1, 0.15) is 0 Å². The SMILES string of the molecule is O.O=CC(=O)Cc1ccc([N+](=O)[O-])cc1. The lowest BCUT2D eigenvalue weighted by molar-refractivity contribution is -0.384. The van der Waals surface area contributed by atoms with Crippen molar-refractivity contribution in [3.05, 3.63) is 39.9 Å². The minimum atomic E-state index is -0.543. The van der Waals surface area contributed by atoms with Gasteiger partial charge < -0.3 is 5.48 Å². The number of hydrogen-bond donors (Lipinski definition) is 0. The molecule has 0 fully saturated rings. The Morgan fingerprint density at radius 1 is 1.33 bits per heavy atom. The zero-order valence-electron chi connectivity index (χ0n) is 7.67. The van der Waals surface area contributed by atoms with Gasteiger partial charge in [-0.15, -0.1) is 0 Å². The van der Waals surface area contributed by atoms with Crippen LogP contribution in [-0.2, 0) is 16.0 Å². The zero-order valence-corrected chi connectivity index (χ0v) is 7.67. The monoisotopic (exact) mass is 211 g/mol. The number of hydrogen-bond acceptors (Lipinski definition) is 4. The van der Waals surface area contributed by atoms with E-state index in [4.69, 9.17) is 0 Å². The number of Topliss-reactive ketones (excluding diaryl/α,β-unsaturated/α-hetero) is 1. The lowest BCUT2D eigenvalue weighted by Crippen LogP contribution is -2.03. The Morgan fingerprint density at radius 2 is 1.87 bits per heavy atom. The van der Waals surface area contributed by atoms with Crippen LogP contribution in [0.2, 0.25) is 0 Å². The summed E-state index contributed by atoms with van der Waals surface area (Å²) in [7, 11) is 0. The molecule has 0 aromatic heterocycles. The second-order valence-electron chi connectivity index (χ2n) is 2.68. The molecule has 0 unspecified atom stereocenters. The van der Waals surface area contributed by atoms with E-state index in [1.807, 2.05) is 0 Å². The molecular formula is C9H9NO5. The van der Waals surface area contributed by atoms with E-state index in [0.29, 0.717) is 5.56 Å². The molecule has 0 atom stereocenters. The molecular weight excluding hydrogens is 202 g/mol. The average molecular weight is 211 g/mol. The van der Waals surface area contributed by atoms with Crippen LogP contribution < -0.4 is 0 Å². The van der Waals surface area contributed by atoms with E-state index < -0.39 is 10.7 Å². The van der Waals surface area contributed by atoms with Crippen molar-refractivity contribution in [1.82, 2.24) is 0 Å². The Morgan fingerprint density at radius 3 is 2.27 bits per heavy atom. The second-order valence-corrected chi connectivity index (χ2v) is 2.68. The molecule has 0 aliphatic heterocycles. The van der Waals surface area contributed by atoms with Crippen molar-refractivity contribution >= 4 is 17.8 Å². The van der Waals surface area contributed by atoms with Crippen LogP contribution in [0, 0.1) is 10.1 Å². The highest BCUT2D eigenvalue weighted by molar-refractivity contribution is 6.25. The quantitative estimate of drug-likeness (QED) is 0.304. The molecule has 0 saturated carbocycles. The van der Waals surface area contributed by atoms with Crippen molar-refractivity contribution in [1.29, 1.82) is 0 Å². The predicted molar refractivity (Wildman–Crippen MR) is 51.5 cm³/mol. The van der Waals surface area contributed by atoms with E-state index in [0.717, 1.165) is 0 Å². The Hall–Kier alpha value is -2.08. The first-order valence-electron chi connectivity index (χ1n) is 3.85. The van der Waals surface area contributed by atoms with Crippen molar-refractivity contribution in [3.63, 3.8) is 0 Å². The van der Waals surface area contributed by atoms with Crippen molar-refractivity contribution in [2.24, 2.45) is 0 Å². The van der Waals surface area contributed by atoms with Gasteiger partial charge in [0.25, 0.3) is 5.69 Å². The Labute approximate surface area is 85.0 Å². The van der Waals surface area contributed by atoms with E-state index in [1.165, 1.54) is 24.3 Å². The summed E-state index contributed by atoms with van der Waals surface area (Å²) in [6, 6.07) is 5.51. The molecule has 0 amide bonds. The minimum Gasteiger partial charge on any atom is -0.412 e. The molecule has 0 heterocycles. The molecule has 0 saturated heterocycles. The van der Waals surface area contributed by atoms with Gasteiger partial charge in [0.2, 0.25) is 0 Å². The fraction of sp³-hybridized carbons (Fsp3) is 0.111. The smallest absolute Gasteiger partial charge is 0.269 e. The van der Waals surface area contributed by atoms with Gasteiger partial charge in [-0.05, 0) is 5.56 Å². The van der Waals surface area contributed by atoms with E-state index in [2.05, 4.69) is 0 Å². The predicted octanol–water partition coefficient (Wildman–Crippen LogP) is 0.0806. The topological polar surface area (TPSA) is 109 Å². The maximum Gasteiger partial charge on any atom is 0.269 e. The van der Waals surface area contributed by atoms with Crippen LogP contribution in [0.25, 0.3) is 0 Å². The number of nitro benzene ring substituents is 1. The minimum absolute atomic E-state index is 0. The summed E-state index contributed by atoms with van der Waals surface area (Å²) in [5.41, 5.74) is 0.556. The molecule has 0 bridgehead atoms. The van der Waals surface area contributed by atoms with Gasteiger partial charge in [0.05, 0.1) is 4.92 Å². The second kappa shape index (κ2) is 5.61. The maximum atomic E-state index is 10.7. The number of carbonyl (C=O) groups is 2. The summed E-state index contributed by atoms with van der Waals surface area (Å²) in [6.07, 6.45) is 0.225. The molecule has 80 valence electrons. The van der Waals surface area contributed by atoms with Crippen LogP contribution in [0.3, 0.4) is 0 Å². The van der Waals surface area contributed by atoms with Crippen LogP contribution in [0.4, 0.5) is 5.69 Å². The van der Waals surface area contributed by atoms with E-state index in [-0.39, 0.29) is 23.9 Å². The summed E-state index contributed by atoms with van der Waals surface area (Å²) in [5.74, 6) is -0.543. The summed E-state index contributed by atoms with van der Waals surface area (Å²) in [6.45, 7) is 0. The summed E-state index contributed by atoms with van der Waals surface area (Å²) in [5, 5.41) is 10.3. The van der Waals surface area contributed by atoms with Crippen LogP contribution in [0.5, 0.6) is 0 Å². The van der Waals surface area contributed by atoms with Crippen LogP contribution in [0.15, 0.2) is 24.3 Å². The van der Waals surface area contributed by atoms with E-state index in [1.54, 1.807) is 0 Å². The molecule has 1 aromatic carbocycles. The number of rotatable bonds is 4. The van der Waals surface area contributed by atoms with Crippen molar-refractivity contribution in [3.8, 4) is 0 Å². The van der Waals surface area contributed by atoms with Gasteiger partial charge in [-0.2, -0.15) is 0 Å². The third-order valence-corrected chi connectivity index (χ3v) is 1.66. The number of non-ortho nitro benzene ring substituents is 1. The largest absolute Gasteiger partial charge is 0.412 e. The molecule has 2 N–H and O–H groups in total. The maximum absolute atomic E-state index is 10.7. The number of benzene rings is 1.